The van der Waals surface area contributed by atoms with E-state index in [-0.39, 0.29) is 12.0 Å². The van der Waals surface area contributed by atoms with Crippen LogP contribution in [0.1, 0.15) is 38.2 Å². The zero-order valence-electron chi connectivity index (χ0n) is 13.7. The number of hydrogen-bond donors (Lipinski definition) is 2. The number of amides is 3. The second kappa shape index (κ2) is 8.15. The fourth-order valence-corrected chi connectivity index (χ4v) is 2.43. The number of nitrogens with one attached hydrogen (secondary N) is 2. The van der Waals surface area contributed by atoms with Crippen LogP contribution in [-0.2, 0) is 14.3 Å². The van der Waals surface area contributed by atoms with Gasteiger partial charge < -0.3 is 10.1 Å². The molecule has 3 amide bonds. The molecule has 2 N–H and O–H groups in total. The molecule has 1 aliphatic carbocycles. The first-order chi connectivity index (χ1) is 11.4. The van der Waals surface area contributed by atoms with Crippen molar-refractivity contribution in [1.29, 1.82) is 0 Å². The largest absolute Gasteiger partial charge is 0.455 e. The Balaban J connectivity index is 1.87. The molecule has 1 atom stereocenters. The van der Waals surface area contributed by atoms with Gasteiger partial charge in [0, 0.05) is 11.1 Å². The molecule has 130 valence electrons. The first-order valence-corrected chi connectivity index (χ1v) is 8.27. The number of esters is 1. The molecule has 1 aromatic rings. The summed E-state index contributed by atoms with van der Waals surface area (Å²) in [5, 5.41) is 5.34. The lowest BCUT2D eigenvalue weighted by molar-refractivity contribution is -0.150. The van der Waals surface area contributed by atoms with E-state index in [4.69, 9.17) is 16.3 Å². The zero-order chi connectivity index (χ0) is 17.7. The molecule has 0 spiro atoms. The molecule has 1 saturated carbocycles. The van der Waals surface area contributed by atoms with Crippen molar-refractivity contribution in [3.63, 3.8) is 0 Å². The monoisotopic (exact) mass is 352 g/mol. The summed E-state index contributed by atoms with van der Waals surface area (Å²) >= 11 is 5.86. The zero-order valence-corrected chi connectivity index (χ0v) is 14.4. The minimum atomic E-state index is -0.653. The van der Waals surface area contributed by atoms with Gasteiger partial charge in [0.05, 0.1) is 5.92 Å². The molecule has 1 aromatic carbocycles. The fraction of sp³-hybridized carbons (Fsp3) is 0.471. The minimum absolute atomic E-state index is 0.0140. The van der Waals surface area contributed by atoms with Crippen molar-refractivity contribution in [3.8, 4) is 0 Å². The van der Waals surface area contributed by atoms with Gasteiger partial charge in [-0.3, -0.25) is 14.9 Å². The molecule has 0 bridgehead atoms. The van der Waals surface area contributed by atoms with E-state index in [9.17, 15) is 14.4 Å². The fourth-order valence-electron chi connectivity index (χ4n) is 2.30. The molecule has 0 heterocycles. The maximum absolute atomic E-state index is 12.3. The minimum Gasteiger partial charge on any atom is -0.455 e. The molecule has 0 unspecified atom stereocenters. The molecule has 0 aromatic heterocycles. The van der Waals surface area contributed by atoms with Crippen molar-refractivity contribution in [2.45, 2.75) is 38.6 Å². The predicted molar refractivity (Wildman–Crippen MR) is 89.7 cm³/mol. The summed E-state index contributed by atoms with van der Waals surface area (Å²) in [5.41, 5.74) is 0.770. The molecule has 0 radical (unpaired) electrons. The molecule has 0 saturated heterocycles. The van der Waals surface area contributed by atoms with Gasteiger partial charge in [-0.2, -0.15) is 0 Å². The Morgan fingerprint density at radius 3 is 2.38 bits per heavy atom. The average molecular weight is 353 g/mol. The van der Waals surface area contributed by atoms with Gasteiger partial charge in [-0.25, -0.2) is 4.79 Å². The molecular formula is C17H21ClN2O4. The quantitative estimate of drug-likeness (QED) is 0.771. The van der Waals surface area contributed by atoms with Crippen LogP contribution in [0.2, 0.25) is 5.02 Å². The van der Waals surface area contributed by atoms with Crippen LogP contribution in [0.4, 0.5) is 4.79 Å². The molecule has 24 heavy (non-hydrogen) atoms. The number of urea groups is 1. The van der Waals surface area contributed by atoms with E-state index in [1.54, 1.807) is 24.3 Å². The Hall–Kier alpha value is -2.08. The normalized spacial score (nSPS) is 14.8. The molecule has 6 nitrogen and oxygen atoms in total. The predicted octanol–water partition coefficient (Wildman–Crippen LogP) is 2.61. The van der Waals surface area contributed by atoms with Gasteiger partial charge in [0.15, 0.2) is 6.61 Å². The molecular weight excluding hydrogens is 332 g/mol. The van der Waals surface area contributed by atoms with Crippen LogP contribution in [-0.4, -0.2) is 30.6 Å². The van der Waals surface area contributed by atoms with Crippen molar-refractivity contribution in [1.82, 2.24) is 10.6 Å². The second-order valence-corrected chi connectivity index (χ2v) is 6.61. The number of imide groups is 1. The van der Waals surface area contributed by atoms with E-state index in [0.29, 0.717) is 5.02 Å². The molecule has 7 heteroatoms. The number of carbonyl (C=O) groups excluding carboxylic acids is 3. The highest BCUT2D eigenvalue weighted by Gasteiger charge is 2.27. The highest BCUT2D eigenvalue weighted by atomic mass is 35.5. The summed E-state index contributed by atoms with van der Waals surface area (Å²) in [6.45, 7) is 3.29. The Kier molecular flexibility index (Phi) is 6.20. The van der Waals surface area contributed by atoms with Crippen molar-refractivity contribution < 1.29 is 19.1 Å². The van der Waals surface area contributed by atoms with Crippen LogP contribution in [0.25, 0.3) is 0 Å². The Bertz CT molecular complexity index is 612. The number of ether oxygens (including phenoxy) is 1. The van der Waals surface area contributed by atoms with Crippen LogP contribution in [0, 0.1) is 5.92 Å². The van der Waals surface area contributed by atoms with Crippen molar-refractivity contribution in [3.05, 3.63) is 34.9 Å². The van der Waals surface area contributed by atoms with Crippen LogP contribution < -0.4 is 10.6 Å². The van der Waals surface area contributed by atoms with Crippen LogP contribution in [0.15, 0.2) is 24.3 Å². The number of halogens is 1. The molecule has 2 rings (SSSR count). The van der Waals surface area contributed by atoms with Gasteiger partial charge in [-0.15, -0.1) is 0 Å². The van der Waals surface area contributed by atoms with Crippen molar-refractivity contribution >= 4 is 29.5 Å². The number of carbonyl (C=O) groups is 3. The summed E-state index contributed by atoms with van der Waals surface area (Å²) in [7, 11) is 0. The maximum atomic E-state index is 12.3. The summed E-state index contributed by atoms with van der Waals surface area (Å²) < 4.78 is 5.07. The third-order valence-electron chi connectivity index (χ3n) is 3.66. The molecule has 1 fully saturated rings. The Morgan fingerprint density at radius 1 is 1.21 bits per heavy atom. The summed E-state index contributed by atoms with van der Waals surface area (Å²) in [4.78, 5) is 35.4. The first-order valence-electron chi connectivity index (χ1n) is 7.89. The number of hydrogen-bond acceptors (Lipinski definition) is 4. The van der Waals surface area contributed by atoms with Gasteiger partial charge >= 0.3 is 12.0 Å². The van der Waals surface area contributed by atoms with Crippen LogP contribution in [0.3, 0.4) is 0 Å². The first kappa shape index (κ1) is 18.3. The summed E-state index contributed by atoms with van der Waals surface area (Å²) in [6, 6.07) is 6.52. The topological polar surface area (TPSA) is 84.5 Å². The Morgan fingerprint density at radius 2 is 1.83 bits per heavy atom. The molecule has 1 aliphatic rings. The summed E-state index contributed by atoms with van der Waals surface area (Å²) in [6.07, 6.45) is 1.85. The second-order valence-electron chi connectivity index (χ2n) is 6.18. The lowest BCUT2D eigenvalue weighted by atomic mass is 9.88. The van der Waals surface area contributed by atoms with Gasteiger partial charge in [0.1, 0.15) is 0 Å². The van der Waals surface area contributed by atoms with E-state index >= 15 is 0 Å². The van der Waals surface area contributed by atoms with Gasteiger partial charge in [0.2, 0.25) is 0 Å². The van der Waals surface area contributed by atoms with Gasteiger partial charge in [0.25, 0.3) is 5.91 Å². The van der Waals surface area contributed by atoms with E-state index < -0.39 is 30.4 Å². The van der Waals surface area contributed by atoms with Gasteiger partial charge in [-0.05, 0) is 36.5 Å². The van der Waals surface area contributed by atoms with Crippen LogP contribution in [0.5, 0.6) is 0 Å². The van der Waals surface area contributed by atoms with E-state index in [1.807, 2.05) is 13.8 Å². The third kappa shape index (κ3) is 5.53. The standard InChI is InChI=1S/C17H21ClN2O4/c1-10(2)15(11-3-5-12(18)6-4-11)16(22)24-9-14(21)20-17(23)19-13-7-8-13/h3-6,10,13,15H,7-9H2,1-2H3,(H2,19,20,21,23)/t15-/m1/s1. The number of benzene rings is 1. The SMILES string of the molecule is CC(C)[C@@H](C(=O)OCC(=O)NC(=O)NC1CC1)c1ccc(Cl)cc1. The smallest absolute Gasteiger partial charge is 0.321 e. The van der Waals surface area contributed by atoms with Crippen LogP contribution >= 0.6 is 11.6 Å². The maximum Gasteiger partial charge on any atom is 0.321 e. The van der Waals surface area contributed by atoms with Crippen molar-refractivity contribution in [2.24, 2.45) is 5.92 Å². The third-order valence-corrected chi connectivity index (χ3v) is 3.91. The highest BCUT2D eigenvalue weighted by molar-refractivity contribution is 6.30. The van der Waals surface area contributed by atoms with E-state index in [2.05, 4.69) is 10.6 Å². The highest BCUT2D eigenvalue weighted by Crippen LogP contribution is 2.27. The van der Waals surface area contributed by atoms with Crippen molar-refractivity contribution in [2.75, 3.05) is 6.61 Å². The number of rotatable bonds is 6. The summed E-state index contributed by atoms with van der Waals surface area (Å²) in [5.74, 6) is -1.68. The Labute approximate surface area is 145 Å². The average Bonchev–Trinajstić information content (AvgIpc) is 3.30. The van der Waals surface area contributed by atoms with E-state index in [1.165, 1.54) is 0 Å². The lowest BCUT2D eigenvalue weighted by Crippen LogP contribution is -2.42. The van der Waals surface area contributed by atoms with Gasteiger partial charge in [-0.1, -0.05) is 37.6 Å². The lowest BCUT2D eigenvalue weighted by Gasteiger charge is -2.19. The molecule has 0 aliphatic heterocycles. The van der Waals surface area contributed by atoms with E-state index in [0.717, 1.165) is 18.4 Å².